The molecule has 0 radical (unpaired) electrons. The maximum Gasteiger partial charge on any atom is 0.505 e. The van der Waals surface area contributed by atoms with Gasteiger partial charge in [0.2, 0.25) is 0 Å². The topological polar surface area (TPSA) is 221 Å². The van der Waals surface area contributed by atoms with E-state index in [4.69, 9.17) is 56.7 Å². The molecule has 2 N–H and O–H groups in total. The molecule has 13 aromatic rings. The first-order valence-corrected chi connectivity index (χ1v) is 40.9. The first-order valence-electron chi connectivity index (χ1n) is 33.6. The van der Waals surface area contributed by atoms with E-state index in [2.05, 4.69) is 108 Å². The van der Waals surface area contributed by atoms with Crippen LogP contribution in [0.25, 0.3) is 39.9 Å². The number of thiophene rings is 7. The number of benzene rings is 4. The number of hydrogen-bond acceptors (Lipinski definition) is 27. The lowest BCUT2D eigenvalue weighted by Gasteiger charge is -2.32. The zero-order valence-corrected chi connectivity index (χ0v) is 67.4. The lowest BCUT2D eigenvalue weighted by Crippen LogP contribution is -2.41. The van der Waals surface area contributed by atoms with Crippen LogP contribution in [0.15, 0.2) is 190 Å². The number of halogens is 2. The minimum Gasteiger partial charge on any atom is -0.497 e. The van der Waals surface area contributed by atoms with Crippen molar-refractivity contribution in [1.29, 1.82) is 0 Å². The zero-order valence-electron chi connectivity index (χ0n) is 58.6. The fraction of sp³-hybridized carbons (Fsp3) is 0.247. The monoisotopic (exact) mass is 1700 g/mol. The molecule has 9 aromatic heterocycles. The Morgan fingerprint density at radius 2 is 0.869 bits per heavy atom. The van der Waals surface area contributed by atoms with Crippen LogP contribution < -0.4 is 34.4 Å². The molecule has 0 saturated carbocycles. The first kappa shape index (κ1) is 77.5. The third-order valence-corrected chi connectivity index (χ3v) is 25.9. The van der Waals surface area contributed by atoms with Crippen LogP contribution in [-0.2, 0) is 50.9 Å². The van der Waals surface area contributed by atoms with Crippen molar-refractivity contribution in [1.82, 2.24) is 19.9 Å². The Morgan fingerprint density at radius 3 is 1.31 bits per heavy atom. The highest BCUT2D eigenvalue weighted by Gasteiger charge is 2.52. The lowest BCUT2D eigenvalue weighted by molar-refractivity contribution is -0.0415. The molecule has 0 aliphatic carbocycles. The number of aldehydes is 2. The van der Waals surface area contributed by atoms with Crippen molar-refractivity contribution in [2.45, 2.75) is 71.0 Å². The van der Waals surface area contributed by atoms with Crippen LogP contribution in [0.3, 0.4) is 0 Å². The van der Waals surface area contributed by atoms with Crippen molar-refractivity contribution in [3.63, 3.8) is 0 Å². The number of carbonyl (C=O) groups is 2. The number of nitrogens with one attached hydrogen (secondary N) is 2. The van der Waals surface area contributed by atoms with Crippen LogP contribution in [-0.4, -0.2) is 105 Å². The number of carbonyl (C=O) groups excluding carboxylic acids is 2. The summed E-state index contributed by atoms with van der Waals surface area (Å²) in [6.45, 7) is 13.2. The molecular weight excluding hydrogens is 1630 g/mol. The van der Waals surface area contributed by atoms with Gasteiger partial charge in [-0.15, -0.1) is 79.4 Å². The average molecular weight is 1700 g/mol. The van der Waals surface area contributed by atoms with Gasteiger partial charge in [-0.1, -0.05) is 42.5 Å². The normalized spacial score (nSPS) is 15.3. The van der Waals surface area contributed by atoms with E-state index < -0.39 is 0 Å². The van der Waals surface area contributed by atoms with E-state index in [1.165, 1.54) is 22.7 Å². The number of nitrogens with zero attached hydrogens (tertiary/aromatic N) is 4. The summed E-state index contributed by atoms with van der Waals surface area (Å²) in [4.78, 5) is 48.1. The summed E-state index contributed by atoms with van der Waals surface area (Å²) < 4.78 is 72.5. The maximum absolute atomic E-state index is 11.0. The van der Waals surface area contributed by atoms with Crippen LogP contribution in [0.1, 0.15) is 91.7 Å². The molecule has 0 atom stereocenters. The van der Waals surface area contributed by atoms with E-state index in [1.807, 2.05) is 146 Å². The SMILES string of the molecule is Brc1ccc(C2OCCO2)s1.CC1(C)OB(c2ccc(C3OCCO3)s2)OC1(C)C.COc1ccc(COc2cccc(Nc3ncnc4cc(-c5ccc(C6OCCO6)s5)sc34)c2)cc1.COc1ccc(COc2cccc(Nc3ncnc4cc(-c5ccc(C=O)s5)sc34)c2)cc1.O=Cc1ccc(Br)s1. The molecule has 17 rings (SSSR count). The molecule has 0 bridgehead atoms. The number of ether oxygens (including phenoxy) is 10. The zero-order chi connectivity index (χ0) is 74.3. The van der Waals surface area contributed by atoms with E-state index in [-0.39, 0.29) is 37.2 Å². The van der Waals surface area contributed by atoms with Crippen molar-refractivity contribution in [3.8, 4) is 42.5 Å². The second kappa shape index (κ2) is 36.7. The molecule has 0 unspecified atom stereocenters. The molecule has 20 nitrogen and oxygen atoms in total. The predicted molar refractivity (Wildman–Crippen MR) is 434 cm³/mol. The van der Waals surface area contributed by atoms with Crippen molar-refractivity contribution in [2.75, 3.05) is 64.5 Å². The molecular formula is C77H71BBr2N6O14S7. The number of hydrogen-bond donors (Lipinski definition) is 2. The highest BCUT2D eigenvalue weighted by molar-refractivity contribution is 9.11. The van der Waals surface area contributed by atoms with Crippen molar-refractivity contribution < 1.29 is 66.3 Å². The Balaban J connectivity index is 0.000000129. The van der Waals surface area contributed by atoms with E-state index in [9.17, 15) is 9.59 Å². The third-order valence-electron chi connectivity index (χ3n) is 16.8. The van der Waals surface area contributed by atoms with Gasteiger partial charge in [0.05, 0.1) is 117 Å². The van der Waals surface area contributed by atoms with Gasteiger partial charge < -0.3 is 67.3 Å². The summed E-state index contributed by atoms with van der Waals surface area (Å²) in [7, 11) is 3.01. The highest BCUT2D eigenvalue weighted by atomic mass is 79.9. The Bertz CT molecular complexity index is 5050. The number of aromatic nitrogens is 4. The molecule has 30 heteroatoms. The van der Waals surface area contributed by atoms with E-state index in [0.717, 1.165) is 142 Å². The predicted octanol–water partition coefficient (Wildman–Crippen LogP) is 20.3. The van der Waals surface area contributed by atoms with Crippen LogP contribution in [0.5, 0.6) is 23.0 Å². The molecule has 13 heterocycles. The molecule has 552 valence electrons. The molecule has 4 saturated heterocycles. The fourth-order valence-electron chi connectivity index (χ4n) is 10.7. The third kappa shape index (κ3) is 20.4. The van der Waals surface area contributed by atoms with Crippen LogP contribution in [0.4, 0.5) is 23.0 Å². The van der Waals surface area contributed by atoms with Gasteiger partial charge in [0.25, 0.3) is 0 Å². The van der Waals surface area contributed by atoms with E-state index in [0.29, 0.717) is 57.7 Å². The summed E-state index contributed by atoms with van der Waals surface area (Å²) in [5, 5.41) is 6.83. The lowest BCUT2D eigenvalue weighted by atomic mass is 9.88. The molecule has 4 aromatic carbocycles. The Morgan fingerprint density at radius 1 is 0.449 bits per heavy atom. The number of fused-ring (bicyclic) bond motifs is 2. The van der Waals surface area contributed by atoms with Gasteiger partial charge in [-0.2, -0.15) is 0 Å². The Labute approximate surface area is 663 Å². The molecule has 4 aliphatic rings. The number of anilines is 4. The largest absolute Gasteiger partial charge is 0.505 e. The molecule has 4 aliphatic heterocycles. The fourth-order valence-corrected chi connectivity index (χ4v) is 18.4. The molecule has 4 fully saturated rings. The van der Waals surface area contributed by atoms with Gasteiger partial charge in [-0.05, 0) is 186 Å². The maximum atomic E-state index is 11.0. The quantitative estimate of drug-likeness (QED) is 0.0535. The standard InChI is InChI=1S/C27H23N3O4S2.C25H19N3O3S2.C13H19BO4S.C7H7BrO2S.C5H3BrOS/c1-31-19-7-5-17(6-8-19)15-34-20-4-2-3-18(13-20)30-26-25-21(28-16-29-26)14-24(36-25)22-9-10-23(35-22)27-32-11-12-33-27;1-30-18-7-5-16(6-8-18)14-31-19-4-2-3-17(11-19)28-25-24-21(26-15-27-25)12-23(33-24)22-10-9-20(13-29)32-22;1-12(2)13(3,4)18-14(17-12)10-6-5-9(19-10)11-15-7-8-16-11;8-6-2-1-5(11-6)7-9-3-4-10-7;6-5-2-1-4(3-7)8-5/h2-10,13-14,16,27H,11-12,15H2,1H3,(H,28,29,30);2-13,15H,14H2,1H3,(H,26,27,28);5-6,11H,7-8H2,1-4H3;1-2,7H,3-4H2;1-3H. The molecule has 107 heavy (non-hydrogen) atoms. The summed E-state index contributed by atoms with van der Waals surface area (Å²) in [6, 6.07) is 55.2. The average Bonchev–Trinajstić information content (AvgIpc) is 1.63. The summed E-state index contributed by atoms with van der Waals surface area (Å²) in [6.07, 6.45) is 4.26. The highest BCUT2D eigenvalue weighted by Crippen LogP contribution is 2.44. The summed E-state index contributed by atoms with van der Waals surface area (Å²) in [5.74, 6) is 4.68. The van der Waals surface area contributed by atoms with Gasteiger partial charge in [0.1, 0.15) is 48.9 Å². The Kier molecular flexibility index (Phi) is 26.6. The first-order chi connectivity index (χ1) is 52.0. The van der Waals surface area contributed by atoms with E-state index >= 15 is 0 Å². The van der Waals surface area contributed by atoms with Crippen LogP contribution in [0, 0.1) is 0 Å². The Hall–Kier alpha value is -7.70. The van der Waals surface area contributed by atoms with Gasteiger partial charge in [-0.25, -0.2) is 19.9 Å². The van der Waals surface area contributed by atoms with Gasteiger partial charge >= 0.3 is 7.12 Å². The van der Waals surface area contributed by atoms with Gasteiger partial charge in [-0.3, -0.25) is 9.59 Å². The number of rotatable bonds is 20. The van der Waals surface area contributed by atoms with Crippen molar-refractivity contribution >= 4 is 179 Å². The van der Waals surface area contributed by atoms with Gasteiger partial charge in [0.15, 0.2) is 43.1 Å². The molecule has 0 spiro atoms. The van der Waals surface area contributed by atoms with E-state index in [1.54, 1.807) is 89.6 Å². The van der Waals surface area contributed by atoms with Crippen molar-refractivity contribution in [3.05, 3.63) is 226 Å². The summed E-state index contributed by atoms with van der Waals surface area (Å²) >= 11 is 17.8. The van der Waals surface area contributed by atoms with Crippen LogP contribution >= 0.6 is 111 Å². The van der Waals surface area contributed by atoms with Crippen molar-refractivity contribution in [2.24, 2.45) is 0 Å². The minimum absolute atomic E-state index is 0.119. The van der Waals surface area contributed by atoms with Gasteiger partial charge in [0, 0.05) is 47.8 Å². The van der Waals surface area contributed by atoms with Crippen LogP contribution in [0.2, 0.25) is 0 Å². The summed E-state index contributed by atoms with van der Waals surface area (Å²) in [5.41, 5.74) is 5.06. The number of methoxy groups -OCH3 is 2. The smallest absolute Gasteiger partial charge is 0.497 e. The minimum atomic E-state index is -0.303. The molecule has 0 amide bonds. The second-order valence-electron chi connectivity index (χ2n) is 24.6. The second-order valence-corrected chi connectivity index (χ2v) is 35.1.